The maximum Gasteiger partial charge on any atom is 0.413 e. The van der Waals surface area contributed by atoms with Crippen molar-refractivity contribution in [1.82, 2.24) is 0 Å². The fourth-order valence-electron chi connectivity index (χ4n) is 15.4. The first-order valence-electron chi connectivity index (χ1n) is 21.0. The van der Waals surface area contributed by atoms with Crippen LogP contribution in [0.5, 0.6) is 0 Å². The molecule has 7 nitrogen and oxygen atoms in total. The van der Waals surface area contributed by atoms with Gasteiger partial charge in [0.05, 0.1) is 40.1 Å². The Kier molecular flexibility index (Phi) is 9.82. The van der Waals surface area contributed by atoms with Crippen molar-refractivity contribution in [3.05, 3.63) is 12.2 Å². The van der Waals surface area contributed by atoms with E-state index in [2.05, 4.69) is 55.0 Å². The number of nitrogens with two attached hydrogens (primary N) is 1. The Balaban J connectivity index is 1.33. The average molecular weight is 724 g/mol. The Morgan fingerprint density at radius 3 is 2.02 bits per heavy atom. The fraction of sp³-hybridized carbons (Fsp3) is 0.889. The Hall–Kier alpha value is -1.89. The lowest BCUT2D eigenvalue weighted by Gasteiger charge is -2.74. The minimum absolute atomic E-state index is 0.140. The summed E-state index contributed by atoms with van der Waals surface area (Å²) in [6, 6.07) is -0.282. The van der Waals surface area contributed by atoms with Gasteiger partial charge < -0.3 is 15.2 Å². The topological polar surface area (TPSA) is 95.7 Å². The highest BCUT2D eigenvalue weighted by Crippen LogP contribution is 2.78. The lowest BCUT2D eigenvalue weighted by molar-refractivity contribution is -0.836. The van der Waals surface area contributed by atoms with Crippen LogP contribution in [-0.2, 0) is 19.1 Å². The van der Waals surface area contributed by atoms with Gasteiger partial charge in [-0.1, -0.05) is 67.5 Å². The van der Waals surface area contributed by atoms with Crippen LogP contribution in [0.15, 0.2) is 12.2 Å². The number of methoxy groups -OCH3 is 1. The van der Waals surface area contributed by atoms with E-state index >= 15 is 0 Å². The molecule has 0 aromatic heterocycles. The third-order valence-electron chi connectivity index (χ3n) is 18.6. The average Bonchev–Trinajstić information content (AvgIpc) is 3.40. The number of ether oxygens (including phenoxy) is 2. The molecular weight excluding hydrogens is 649 g/mol. The number of primary amides is 1. The number of carbonyl (C=O) groups excluding carboxylic acids is 3. The van der Waals surface area contributed by atoms with Gasteiger partial charge in [-0.3, -0.25) is 9.59 Å². The second-order valence-electron chi connectivity index (χ2n) is 22.0. The summed E-state index contributed by atoms with van der Waals surface area (Å²) in [5.74, 6) is 2.82. The van der Waals surface area contributed by atoms with Crippen LogP contribution in [0.3, 0.4) is 0 Å². The van der Waals surface area contributed by atoms with E-state index in [0.29, 0.717) is 41.7 Å². The molecular formula is C45H75N2O5+. The van der Waals surface area contributed by atoms with Gasteiger partial charge in [-0.15, -0.1) is 0 Å². The van der Waals surface area contributed by atoms with Gasteiger partial charge in [-0.05, 0) is 128 Å². The molecule has 1 saturated heterocycles. The van der Waals surface area contributed by atoms with Crippen LogP contribution in [0.2, 0.25) is 0 Å². The van der Waals surface area contributed by atoms with Gasteiger partial charge in [0.25, 0.3) is 0 Å². The van der Waals surface area contributed by atoms with E-state index in [-0.39, 0.29) is 57.5 Å². The van der Waals surface area contributed by atoms with E-state index in [4.69, 9.17) is 15.2 Å². The van der Waals surface area contributed by atoms with Crippen LogP contribution in [0, 0.1) is 68.0 Å². The standard InChI is InChI=1S/C45H74N2O5/c1-29(2)31-15-19-41(7)21-23-43(9)32(37(31)41)13-14-34-42(8)22-24-45(30-17-25-47(11,26-18-30)38(46)50,40(5,6)33(42)16-20-44(34,43)10)52-36(49)28-39(3,4)27-35(48)51-12/h30-34,37H,1,13-28H2,2-12H3,(H-,46,50)/p+1/t30?,31-,32+,33-,34+,37+,41+,42-,43+,44+,45+,47?/m0/s1. The number of allylic oxidation sites excluding steroid dienone is 1. The van der Waals surface area contributed by atoms with Crippen LogP contribution in [0.25, 0.3) is 0 Å². The summed E-state index contributed by atoms with van der Waals surface area (Å²) in [7, 11) is 3.35. The number of hydrogen-bond donors (Lipinski definition) is 1. The lowest BCUT2D eigenvalue weighted by Crippen LogP contribution is -2.71. The van der Waals surface area contributed by atoms with Crippen molar-refractivity contribution in [1.29, 1.82) is 0 Å². The van der Waals surface area contributed by atoms with Crippen molar-refractivity contribution in [2.24, 2.45) is 73.7 Å². The second kappa shape index (κ2) is 12.8. The molecule has 1 heterocycles. The number of fused-ring (bicyclic) bond motifs is 7. The number of amides is 2. The molecule has 0 radical (unpaired) electrons. The third kappa shape index (κ3) is 5.76. The van der Waals surface area contributed by atoms with Crippen LogP contribution < -0.4 is 5.73 Å². The molecule has 5 aliphatic carbocycles. The van der Waals surface area contributed by atoms with Crippen LogP contribution in [-0.4, -0.2) is 55.3 Å². The van der Waals surface area contributed by atoms with Gasteiger partial charge in [0.15, 0.2) is 0 Å². The summed E-state index contributed by atoms with van der Waals surface area (Å²) in [4.78, 5) is 39.0. The van der Waals surface area contributed by atoms with Crippen molar-refractivity contribution < 1.29 is 28.3 Å². The first kappa shape index (κ1) is 39.8. The van der Waals surface area contributed by atoms with Gasteiger partial charge in [-0.25, -0.2) is 9.28 Å². The molecule has 52 heavy (non-hydrogen) atoms. The summed E-state index contributed by atoms with van der Waals surface area (Å²) >= 11 is 0. The summed E-state index contributed by atoms with van der Waals surface area (Å²) < 4.78 is 12.3. The van der Waals surface area contributed by atoms with E-state index in [1.807, 2.05) is 20.9 Å². The molecule has 6 aliphatic rings. The minimum atomic E-state index is -0.654. The molecule has 6 rings (SSSR count). The highest BCUT2D eigenvalue weighted by Gasteiger charge is 2.73. The molecule has 5 saturated carbocycles. The smallest absolute Gasteiger partial charge is 0.413 e. The third-order valence-corrected chi connectivity index (χ3v) is 18.6. The maximum absolute atomic E-state index is 14.2. The second-order valence-corrected chi connectivity index (χ2v) is 22.0. The first-order chi connectivity index (χ1) is 24.0. The number of piperidine rings is 1. The number of nitrogens with zero attached hydrogens (tertiary/aromatic N) is 1. The number of carbonyl (C=O) groups is 3. The number of hydrogen-bond acceptors (Lipinski definition) is 5. The minimum Gasteiger partial charge on any atom is -0.469 e. The number of rotatable bonds is 7. The Labute approximate surface area is 316 Å². The zero-order valence-electron chi connectivity index (χ0n) is 35.1. The van der Waals surface area contributed by atoms with Crippen molar-refractivity contribution in [3.63, 3.8) is 0 Å². The largest absolute Gasteiger partial charge is 0.469 e. The van der Waals surface area contributed by atoms with Crippen molar-refractivity contribution in [3.8, 4) is 0 Å². The Morgan fingerprint density at radius 1 is 0.788 bits per heavy atom. The Morgan fingerprint density at radius 2 is 1.42 bits per heavy atom. The number of esters is 2. The normalized spacial score (nSPS) is 46.8. The summed E-state index contributed by atoms with van der Waals surface area (Å²) in [6.45, 7) is 27.6. The summed E-state index contributed by atoms with van der Waals surface area (Å²) in [5.41, 5.74) is 6.98. The van der Waals surface area contributed by atoms with Gasteiger partial charge in [0.1, 0.15) is 5.60 Å². The SMILES string of the molecule is C=C(C)[C@@H]1CC[C@]2(C)CC[C@]3(C)[C@H](CC[C@@H]4[C@@]5(C)CC[C@@](OC(=O)CC(C)(C)CC(=O)OC)(C6CC[N+](C)(C(N)=O)CC6)C(C)(C)[C@@H]5CC[C@]43C)[C@@H]12. The number of urea groups is 1. The van der Waals surface area contributed by atoms with E-state index in [1.165, 1.54) is 57.6 Å². The van der Waals surface area contributed by atoms with Gasteiger partial charge in [0.2, 0.25) is 0 Å². The summed E-state index contributed by atoms with van der Waals surface area (Å²) in [5, 5.41) is 0. The van der Waals surface area contributed by atoms with Crippen LogP contribution in [0.4, 0.5) is 4.79 Å². The molecule has 2 N–H and O–H groups in total. The van der Waals surface area contributed by atoms with E-state index in [9.17, 15) is 14.4 Å². The van der Waals surface area contributed by atoms with Gasteiger partial charge >= 0.3 is 18.0 Å². The lowest BCUT2D eigenvalue weighted by atomic mass is 9.31. The zero-order valence-corrected chi connectivity index (χ0v) is 35.1. The molecule has 0 bridgehead atoms. The van der Waals surface area contributed by atoms with E-state index in [1.54, 1.807) is 0 Å². The molecule has 0 aromatic rings. The molecule has 0 unspecified atom stereocenters. The highest BCUT2D eigenvalue weighted by molar-refractivity contribution is 5.74. The highest BCUT2D eigenvalue weighted by atomic mass is 16.6. The first-order valence-corrected chi connectivity index (χ1v) is 21.0. The quantitative estimate of drug-likeness (QED) is 0.160. The molecule has 1 aliphatic heterocycles. The predicted molar refractivity (Wildman–Crippen MR) is 207 cm³/mol. The van der Waals surface area contributed by atoms with Gasteiger partial charge in [-0.2, -0.15) is 0 Å². The summed E-state index contributed by atoms with van der Waals surface area (Å²) in [6.07, 6.45) is 14.2. The fourth-order valence-corrected chi connectivity index (χ4v) is 15.4. The Bertz CT molecular complexity index is 1460. The number of likely N-dealkylation sites (tertiary alicyclic amines) is 1. The van der Waals surface area contributed by atoms with Gasteiger partial charge in [0, 0.05) is 24.2 Å². The molecule has 7 heteroatoms. The van der Waals surface area contributed by atoms with E-state index in [0.717, 1.165) is 43.9 Å². The molecule has 6 fully saturated rings. The van der Waals surface area contributed by atoms with Crippen molar-refractivity contribution in [2.45, 2.75) is 158 Å². The maximum atomic E-state index is 14.2. The molecule has 0 spiro atoms. The van der Waals surface area contributed by atoms with E-state index < -0.39 is 11.0 Å². The monoisotopic (exact) mass is 724 g/mol. The molecule has 2 amide bonds. The molecule has 294 valence electrons. The zero-order chi connectivity index (χ0) is 38.5. The van der Waals surface area contributed by atoms with Crippen LogP contribution >= 0.6 is 0 Å². The molecule has 0 aromatic carbocycles. The van der Waals surface area contributed by atoms with Crippen molar-refractivity contribution in [2.75, 3.05) is 27.2 Å². The van der Waals surface area contributed by atoms with Crippen LogP contribution in [0.1, 0.15) is 152 Å². The molecule has 10 atom stereocenters. The van der Waals surface area contributed by atoms with Crippen molar-refractivity contribution >= 4 is 18.0 Å². The predicted octanol–water partition coefficient (Wildman–Crippen LogP) is 9.86. The number of quaternary nitrogens is 1.